The molecule has 0 unspecified atom stereocenters. The van der Waals surface area contributed by atoms with Crippen LogP contribution < -0.4 is 14.5 Å². The van der Waals surface area contributed by atoms with Gasteiger partial charge in [0.2, 0.25) is 0 Å². The molecule has 6 nitrogen and oxygen atoms in total. The number of fused-ring (bicyclic) bond motifs is 3. The number of nitrogens with zero attached hydrogens (tertiary/aromatic N) is 5. The van der Waals surface area contributed by atoms with Gasteiger partial charge in [0, 0.05) is 56.2 Å². The molecule has 0 atom stereocenters. The number of hydrogen-bond acceptors (Lipinski definition) is 5. The smallest absolute Gasteiger partial charge is 0.154 e. The molecule has 4 aromatic carbocycles. The second-order valence-corrected chi connectivity index (χ2v) is 8.57. The quantitative estimate of drug-likeness (QED) is 0.187. The molecule has 1 aliphatic rings. The van der Waals surface area contributed by atoms with Crippen LogP contribution >= 0.6 is 0 Å². The summed E-state index contributed by atoms with van der Waals surface area (Å²) < 4.78 is 8.31. The van der Waals surface area contributed by atoms with Crippen LogP contribution in [0.25, 0.3) is 27.6 Å². The molecule has 1 aliphatic heterocycles. The molecule has 0 aliphatic carbocycles. The second kappa shape index (κ2) is 10.2. The van der Waals surface area contributed by atoms with Crippen LogP contribution in [0.3, 0.4) is 0 Å². The van der Waals surface area contributed by atoms with Crippen molar-refractivity contribution in [3.63, 3.8) is 0 Å². The Balaban J connectivity index is 0.00000264. The molecular formula is C31H20N5OPt-3. The molecule has 0 fully saturated rings. The summed E-state index contributed by atoms with van der Waals surface area (Å²) in [6.45, 7) is 2.02. The van der Waals surface area contributed by atoms with E-state index in [1.165, 1.54) is 0 Å². The molecule has 0 saturated carbocycles. The van der Waals surface area contributed by atoms with Crippen LogP contribution in [0.2, 0.25) is 0 Å². The summed E-state index contributed by atoms with van der Waals surface area (Å²) in [5.74, 6) is 1.94. The van der Waals surface area contributed by atoms with Crippen molar-refractivity contribution in [2.24, 2.45) is 0 Å². The average molecular weight is 674 g/mol. The van der Waals surface area contributed by atoms with Crippen LogP contribution in [0.5, 0.6) is 11.5 Å². The van der Waals surface area contributed by atoms with Gasteiger partial charge in [0.1, 0.15) is 0 Å². The molecule has 3 heterocycles. The van der Waals surface area contributed by atoms with Crippen LogP contribution in [0.4, 0.5) is 11.4 Å². The number of anilines is 2. The maximum Gasteiger partial charge on any atom is 0.154 e. The minimum Gasteiger partial charge on any atom is -0.509 e. The third-order valence-corrected chi connectivity index (χ3v) is 6.28. The maximum absolute atomic E-state index is 6.25. The fourth-order valence-corrected chi connectivity index (χ4v) is 4.59. The number of rotatable bonds is 5. The second-order valence-electron chi connectivity index (χ2n) is 8.57. The van der Waals surface area contributed by atoms with Gasteiger partial charge >= 0.3 is 0 Å². The van der Waals surface area contributed by atoms with Crippen molar-refractivity contribution in [2.75, 3.05) is 9.80 Å². The molecule has 0 bridgehead atoms. The monoisotopic (exact) mass is 673 g/mol. The van der Waals surface area contributed by atoms with E-state index >= 15 is 0 Å². The van der Waals surface area contributed by atoms with Crippen LogP contribution in [-0.2, 0) is 21.1 Å². The van der Waals surface area contributed by atoms with Crippen molar-refractivity contribution < 1.29 is 25.8 Å². The number of para-hydroxylation sites is 2. The molecule has 6 aromatic rings. The Bertz CT molecular complexity index is 1750. The van der Waals surface area contributed by atoms with Crippen LogP contribution in [-0.4, -0.2) is 14.5 Å². The number of benzene rings is 4. The average Bonchev–Trinajstić information content (AvgIpc) is 3.58. The summed E-state index contributed by atoms with van der Waals surface area (Å²) in [4.78, 5) is 12.9. The first-order valence-electron chi connectivity index (χ1n) is 11.9. The van der Waals surface area contributed by atoms with Crippen molar-refractivity contribution in [3.8, 4) is 17.3 Å². The molecule has 0 spiro atoms. The Morgan fingerprint density at radius 2 is 1.53 bits per heavy atom. The molecule has 0 N–H and O–H groups in total. The van der Waals surface area contributed by atoms with Crippen LogP contribution in [0.15, 0.2) is 116 Å². The van der Waals surface area contributed by atoms with Gasteiger partial charge in [-0.3, -0.25) is 4.98 Å². The van der Waals surface area contributed by atoms with Crippen molar-refractivity contribution in [1.82, 2.24) is 14.5 Å². The number of hydrogen-bond donors (Lipinski definition) is 0. The Morgan fingerprint density at radius 1 is 0.711 bits per heavy atom. The minimum absolute atomic E-state index is 0. The van der Waals surface area contributed by atoms with Gasteiger partial charge in [0.25, 0.3) is 0 Å². The predicted molar refractivity (Wildman–Crippen MR) is 145 cm³/mol. The van der Waals surface area contributed by atoms with Gasteiger partial charge in [-0.1, -0.05) is 41.9 Å². The van der Waals surface area contributed by atoms with E-state index < -0.39 is 0 Å². The molecule has 0 radical (unpaired) electrons. The fraction of sp³-hybridized carbons (Fsp3) is 0. The minimum atomic E-state index is 0. The van der Waals surface area contributed by atoms with E-state index in [9.17, 15) is 0 Å². The molecule has 0 amide bonds. The summed E-state index contributed by atoms with van der Waals surface area (Å²) in [7, 11) is 0. The van der Waals surface area contributed by atoms with Crippen molar-refractivity contribution in [1.29, 1.82) is 0 Å². The van der Waals surface area contributed by atoms with Crippen LogP contribution in [0.1, 0.15) is 0 Å². The number of ether oxygens (including phenoxy) is 1. The Kier molecular flexibility index (Phi) is 6.40. The molecule has 2 aromatic heterocycles. The first-order chi connectivity index (χ1) is 18.3. The standard InChI is InChI=1S/C31H20N5O.Pt/c1-2-7-23(8-3-1)34-17-18-35(22-34)24-9-6-10-25(19-24)37-26-13-14-28-27-11-4-5-12-29(27)36(30(28)20-26)31-21-32-15-16-33-31;/h1-18,21-22H;/q-3;. The summed E-state index contributed by atoms with van der Waals surface area (Å²) in [6, 6.07) is 35.1. The molecule has 7 rings (SSSR count). The number of aromatic nitrogens is 3. The van der Waals surface area contributed by atoms with Gasteiger partial charge in [-0.2, -0.15) is 12.1 Å². The molecular weight excluding hydrogens is 653 g/mol. The molecule has 0 saturated heterocycles. The van der Waals surface area contributed by atoms with Gasteiger partial charge in [0.15, 0.2) is 5.82 Å². The van der Waals surface area contributed by atoms with E-state index in [4.69, 9.17) is 4.74 Å². The van der Waals surface area contributed by atoms with Crippen molar-refractivity contribution in [2.45, 2.75) is 0 Å². The molecule has 7 heteroatoms. The zero-order valence-electron chi connectivity index (χ0n) is 20.0. The van der Waals surface area contributed by atoms with Gasteiger partial charge in [-0.05, 0) is 36.0 Å². The van der Waals surface area contributed by atoms with Gasteiger partial charge in [-0.25, -0.2) is 4.98 Å². The van der Waals surface area contributed by atoms with Crippen LogP contribution in [0, 0.1) is 18.8 Å². The predicted octanol–water partition coefficient (Wildman–Crippen LogP) is 6.88. The van der Waals surface area contributed by atoms with E-state index in [0.717, 1.165) is 39.0 Å². The zero-order chi connectivity index (χ0) is 24.6. The van der Waals surface area contributed by atoms with Gasteiger partial charge in [0.05, 0.1) is 6.20 Å². The van der Waals surface area contributed by atoms with Crippen molar-refractivity contribution in [3.05, 3.63) is 135 Å². The largest absolute Gasteiger partial charge is 0.509 e. The first kappa shape index (κ1) is 24.0. The van der Waals surface area contributed by atoms with E-state index in [0.29, 0.717) is 11.5 Å². The summed E-state index contributed by atoms with van der Waals surface area (Å²) in [5.41, 5.74) is 3.89. The maximum atomic E-state index is 6.25. The topological polar surface area (TPSA) is 46.4 Å². The third kappa shape index (κ3) is 4.33. The van der Waals surface area contributed by atoms with Crippen molar-refractivity contribution >= 4 is 33.2 Å². The van der Waals surface area contributed by atoms with Gasteiger partial charge < -0.3 is 19.1 Å². The first-order valence-corrected chi connectivity index (χ1v) is 11.9. The van der Waals surface area contributed by atoms with E-state index in [2.05, 4.69) is 61.9 Å². The zero-order valence-corrected chi connectivity index (χ0v) is 22.3. The SMILES string of the molecule is [Pt].[c-]1c(Oc2[c-]c3c(cc2)c2ccccc2n3-c2cnccn2)cccc1N1C=CN(c2ccccc2)[CH-]1. The summed E-state index contributed by atoms with van der Waals surface area (Å²) in [6.07, 6.45) is 9.14. The van der Waals surface area contributed by atoms with E-state index in [1.54, 1.807) is 18.6 Å². The summed E-state index contributed by atoms with van der Waals surface area (Å²) >= 11 is 0. The van der Waals surface area contributed by atoms with Gasteiger partial charge in [-0.15, -0.1) is 48.1 Å². The Labute approximate surface area is 234 Å². The third-order valence-electron chi connectivity index (χ3n) is 6.28. The molecule has 188 valence electrons. The van der Waals surface area contributed by atoms with E-state index in [1.807, 2.05) is 78.6 Å². The summed E-state index contributed by atoms with van der Waals surface area (Å²) in [5, 5.41) is 2.20. The van der Waals surface area contributed by atoms with E-state index in [-0.39, 0.29) is 21.1 Å². The molecule has 38 heavy (non-hydrogen) atoms. The normalized spacial score (nSPS) is 12.7. The Morgan fingerprint density at radius 3 is 2.39 bits per heavy atom. The Hall–Kier alpha value is -4.41. The fourth-order valence-electron chi connectivity index (χ4n) is 4.59.